The van der Waals surface area contributed by atoms with Gasteiger partial charge in [0.15, 0.2) is 0 Å². The van der Waals surface area contributed by atoms with E-state index in [0.717, 1.165) is 5.56 Å². The summed E-state index contributed by atoms with van der Waals surface area (Å²) in [6.07, 6.45) is 1.63. The average molecular weight is 289 g/mol. The number of ether oxygens (including phenoxy) is 1. The molecule has 1 aromatic carbocycles. The van der Waals surface area contributed by atoms with Crippen molar-refractivity contribution in [1.82, 2.24) is 4.98 Å². The van der Waals surface area contributed by atoms with Gasteiger partial charge in [-0.1, -0.05) is 40.9 Å². The second-order valence-corrected chi connectivity index (χ2v) is 4.52. The lowest BCUT2D eigenvalue weighted by Crippen LogP contribution is -1.97. The van der Waals surface area contributed by atoms with Crippen LogP contribution in [0.15, 0.2) is 36.5 Å². The van der Waals surface area contributed by atoms with E-state index in [9.17, 15) is 0 Å². The predicted octanol–water partition coefficient (Wildman–Crippen LogP) is 4.62. The fourth-order valence-electron chi connectivity index (χ4n) is 1.27. The number of hydrogen-bond acceptors (Lipinski definition) is 2. The van der Waals surface area contributed by atoms with E-state index in [1.807, 2.05) is 6.07 Å². The average Bonchev–Trinajstić information content (AvgIpc) is 2.30. The van der Waals surface area contributed by atoms with Gasteiger partial charge in [0, 0.05) is 16.8 Å². The molecule has 1 heterocycles. The lowest BCUT2D eigenvalue weighted by molar-refractivity contribution is 0.306. The summed E-state index contributed by atoms with van der Waals surface area (Å²) in [7, 11) is 0. The van der Waals surface area contributed by atoms with Gasteiger partial charge in [-0.2, -0.15) is 0 Å². The molecule has 88 valence electrons. The number of rotatable bonds is 3. The molecule has 0 unspecified atom stereocenters. The van der Waals surface area contributed by atoms with E-state index in [0.29, 0.717) is 27.6 Å². The monoisotopic (exact) mass is 287 g/mol. The Balaban J connectivity index is 2.10. The molecule has 2 aromatic rings. The molecule has 0 fully saturated rings. The lowest BCUT2D eigenvalue weighted by Gasteiger charge is -2.08. The quantitative estimate of drug-likeness (QED) is 0.769. The van der Waals surface area contributed by atoms with Crippen LogP contribution in [-0.4, -0.2) is 4.98 Å². The second kappa shape index (κ2) is 5.58. The van der Waals surface area contributed by atoms with Gasteiger partial charge in [-0.05, 0) is 24.3 Å². The minimum atomic E-state index is 0.314. The van der Waals surface area contributed by atoms with E-state index in [4.69, 9.17) is 39.5 Å². The molecule has 0 amide bonds. The summed E-state index contributed by atoms with van der Waals surface area (Å²) in [5.41, 5.74) is 0.806. The number of aromatic nitrogens is 1. The Morgan fingerprint density at radius 1 is 1.12 bits per heavy atom. The van der Waals surface area contributed by atoms with Gasteiger partial charge >= 0.3 is 0 Å². The summed E-state index contributed by atoms with van der Waals surface area (Å²) in [6.45, 7) is 0.314. The number of nitrogens with zero attached hydrogens (tertiary/aromatic N) is 1. The highest BCUT2D eigenvalue weighted by atomic mass is 35.5. The van der Waals surface area contributed by atoms with Crippen LogP contribution >= 0.6 is 34.8 Å². The second-order valence-electron chi connectivity index (χ2n) is 3.32. The normalized spacial score (nSPS) is 10.3. The number of benzene rings is 1. The molecule has 0 spiro atoms. The Kier molecular flexibility index (Phi) is 4.11. The first-order valence-electron chi connectivity index (χ1n) is 4.84. The number of halogens is 3. The van der Waals surface area contributed by atoms with Gasteiger partial charge in [-0.15, -0.1) is 0 Å². The summed E-state index contributed by atoms with van der Waals surface area (Å²) >= 11 is 17.7. The molecule has 2 nitrogen and oxygen atoms in total. The van der Waals surface area contributed by atoms with Crippen molar-refractivity contribution >= 4 is 34.8 Å². The van der Waals surface area contributed by atoms with Crippen LogP contribution in [0.5, 0.6) is 5.75 Å². The zero-order chi connectivity index (χ0) is 12.3. The van der Waals surface area contributed by atoms with Crippen molar-refractivity contribution in [2.45, 2.75) is 6.61 Å². The third-order valence-corrected chi connectivity index (χ3v) is 2.98. The molecule has 0 aliphatic carbocycles. The van der Waals surface area contributed by atoms with Gasteiger partial charge in [0.25, 0.3) is 0 Å². The largest absolute Gasteiger partial charge is 0.487 e. The van der Waals surface area contributed by atoms with Gasteiger partial charge < -0.3 is 4.74 Å². The maximum Gasteiger partial charge on any atom is 0.138 e. The van der Waals surface area contributed by atoms with E-state index in [-0.39, 0.29) is 0 Å². The smallest absolute Gasteiger partial charge is 0.138 e. The minimum absolute atomic E-state index is 0.314. The molecule has 2 rings (SSSR count). The molecule has 0 saturated heterocycles. The van der Waals surface area contributed by atoms with E-state index in [2.05, 4.69) is 4.98 Å². The van der Waals surface area contributed by atoms with Gasteiger partial charge in [0.1, 0.15) is 17.5 Å². The van der Waals surface area contributed by atoms with Crippen LogP contribution in [0.4, 0.5) is 0 Å². The number of pyridine rings is 1. The van der Waals surface area contributed by atoms with Crippen LogP contribution in [0, 0.1) is 0 Å². The summed E-state index contributed by atoms with van der Waals surface area (Å²) in [4.78, 5) is 3.96. The topological polar surface area (TPSA) is 22.1 Å². The Hall–Kier alpha value is -0.960. The summed E-state index contributed by atoms with van der Waals surface area (Å²) in [5, 5.41) is 1.47. The fourth-order valence-corrected chi connectivity index (χ4v) is 1.91. The zero-order valence-electron chi connectivity index (χ0n) is 8.66. The molecule has 0 radical (unpaired) electrons. The van der Waals surface area contributed by atoms with Crippen molar-refractivity contribution in [1.29, 1.82) is 0 Å². The first-order chi connectivity index (χ1) is 8.16. The van der Waals surface area contributed by atoms with E-state index < -0.39 is 0 Å². The molecule has 0 aliphatic heterocycles. The van der Waals surface area contributed by atoms with Crippen LogP contribution in [0.1, 0.15) is 5.56 Å². The van der Waals surface area contributed by atoms with Crippen molar-refractivity contribution in [3.63, 3.8) is 0 Å². The fraction of sp³-hybridized carbons (Fsp3) is 0.0833. The zero-order valence-corrected chi connectivity index (χ0v) is 10.9. The molecule has 5 heteroatoms. The Morgan fingerprint density at radius 2 is 1.94 bits per heavy atom. The number of hydrogen-bond donors (Lipinski definition) is 0. The Bertz CT molecular complexity index is 531. The summed E-state index contributed by atoms with van der Waals surface area (Å²) in [5.74, 6) is 0.566. The van der Waals surface area contributed by atoms with Gasteiger partial charge in [0.2, 0.25) is 0 Å². The lowest BCUT2D eigenvalue weighted by atomic mass is 10.3. The van der Waals surface area contributed by atoms with Gasteiger partial charge in [0.05, 0.1) is 5.02 Å². The molecule has 0 saturated carbocycles. The first-order valence-corrected chi connectivity index (χ1v) is 5.97. The summed E-state index contributed by atoms with van der Waals surface area (Å²) < 4.78 is 5.54. The van der Waals surface area contributed by atoms with Crippen molar-refractivity contribution in [3.05, 3.63) is 57.3 Å². The van der Waals surface area contributed by atoms with Crippen molar-refractivity contribution < 1.29 is 4.74 Å². The van der Waals surface area contributed by atoms with E-state index in [1.165, 1.54) is 0 Å². The maximum absolute atomic E-state index is 5.98. The van der Waals surface area contributed by atoms with Gasteiger partial charge in [-0.3, -0.25) is 0 Å². The standard InChI is InChI=1S/C12H8Cl3NO/c13-9-3-4-11(10(14)6-9)17-7-8-2-1-5-16-12(8)15/h1-6H,7H2. The molecule has 1 aromatic heterocycles. The van der Waals surface area contributed by atoms with E-state index >= 15 is 0 Å². The van der Waals surface area contributed by atoms with Crippen LogP contribution in [-0.2, 0) is 6.61 Å². The highest BCUT2D eigenvalue weighted by Crippen LogP contribution is 2.28. The van der Waals surface area contributed by atoms with Gasteiger partial charge in [-0.25, -0.2) is 4.98 Å². The minimum Gasteiger partial charge on any atom is -0.487 e. The van der Waals surface area contributed by atoms with Crippen LogP contribution in [0.3, 0.4) is 0 Å². The molecular weight excluding hydrogens is 280 g/mol. The van der Waals surface area contributed by atoms with Crippen molar-refractivity contribution in [2.24, 2.45) is 0 Å². The van der Waals surface area contributed by atoms with E-state index in [1.54, 1.807) is 30.5 Å². The highest BCUT2D eigenvalue weighted by molar-refractivity contribution is 6.35. The maximum atomic E-state index is 5.98. The molecule has 0 aliphatic rings. The molecule has 17 heavy (non-hydrogen) atoms. The predicted molar refractivity (Wildman–Crippen MR) is 70.0 cm³/mol. The van der Waals surface area contributed by atoms with Crippen LogP contribution < -0.4 is 4.74 Å². The third-order valence-electron chi connectivity index (χ3n) is 2.11. The van der Waals surface area contributed by atoms with Crippen molar-refractivity contribution in [3.8, 4) is 5.75 Å². The summed E-state index contributed by atoms with van der Waals surface area (Å²) in [6, 6.07) is 8.71. The molecule has 0 atom stereocenters. The molecular formula is C12H8Cl3NO. The van der Waals surface area contributed by atoms with Crippen LogP contribution in [0.2, 0.25) is 15.2 Å². The first kappa shape index (κ1) is 12.5. The SMILES string of the molecule is Clc1ccc(OCc2cccnc2Cl)c(Cl)c1. The van der Waals surface area contributed by atoms with Crippen molar-refractivity contribution in [2.75, 3.05) is 0 Å². The molecule has 0 bridgehead atoms. The molecule has 0 N–H and O–H groups in total. The Labute approximate surface area is 114 Å². The third kappa shape index (κ3) is 3.25. The highest BCUT2D eigenvalue weighted by Gasteiger charge is 2.05. The Morgan fingerprint density at radius 3 is 2.65 bits per heavy atom. The van der Waals surface area contributed by atoms with Crippen LogP contribution in [0.25, 0.3) is 0 Å².